The van der Waals surface area contributed by atoms with Crippen molar-refractivity contribution in [3.8, 4) is 0 Å². The van der Waals surface area contributed by atoms with E-state index in [1.165, 1.54) is 0 Å². The molecule has 0 spiro atoms. The molecule has 0 aliphatic rings. The molecular formula is C14H22N3O3+. The quantitative estimate of drug-likeness (QED) is 0.515. The van der Waals surface area contributed by atoms with Gasteiger partial charge in [0, 0.05) is 5.69 Å². The lowest BCUT2D eigenvalue weighted by Gasteiger charge is -2.16. The van der Waals surface area contributed by atoms with Crippen LogP contribution in [0.1, 0.15) is 17.5 Å². The number of aliphatic carboxylic acids is 1. The third kappa shape index (κ3) is 4.64. The number of hydrogen-bond donors (Lipinski definition) is 3. The van der Waals surface area contributed by atoms with Crippen LogP contribution in [-0.4, -0.2) is 31.0 Å². The maximum Gasteiger partial charge on any atom is 0.230 e. The molecule has 110 valence electrons. The van der Waals surface area contributed by atoms with Gasteiger partial charge in [0.1, 0.15) is 19.1 Å². The summed E-state index contributed by atoms with van der Waals surface area (Å²) in [5.41, 5.74) is 6.40. The van der Waals surface area contributed by atoms with Crippen LogP contribution in [0.4, 0.5) is 5.69 Å². The number of hydrogen-bond acceptors (Lipinski definition) is 3. The van der Waals surface area contributed by atoms with Gasteiger partial charge in [-0.1, -0.05) is 12.1 Å². The summed E-state index contributed by atoms with van der Waals surface area (Å²) >= 11 is 0. The second kappa shape index (κ2) is 7.62. The summed E-state index contributed by atoms with van der Waals surface area (Å²) in [5.74, 6) is -1.55. The van der Waals surface area contributed by atoms with Crippen molar-refractivity contribution >= 4 is 17.6 Å². The van der Waals surface area contributed by atoms with Crippen LogP contribution in [0.2, 0.25) is 0 Å². The summed E-state index contributed by atoms with van der Waals surface area (Å²) in [6, 6.07) is 4.73. The first-order chi connectivity index (χ1) is 9.45. The normalized spacial score (nSPS) is 11.9. The number of amides is 1. The summed E-state index contributed by atoms with van der Waals surface area (Å²) in [4.78, 5) is 22.9. The molecule has 20 heavy (non-hydrogen) atoms. The Labute approximate surface area is 118 Å². The smallest absolute Gasteiger partial charge is 0.230 e. The van der Waals surface area contributed by atoms with Crippen molar-refractivity contribution in [1.29, 1.82) is 0 Å². The highest BCUT2D eigenvalue weighted by molar-refractivity contribution is 5.94. The van der Waals surface area contributed by atoms with Crippen LogP contribution >= 0.6 is 0 Å². The van der Waals surface area contributed by atoms with Crippen molar-refractivity contribution in [2.24, 2.45) is 0 Å². The molecule has 0 saturated carbocycles. The second-order valence-corrected chi connectivity index (χ2v) is 4.80. The number of benzene rings is 1. The molecule has 0 saturated heterocycles. The van der Waals surface area contributed by atoms with Crippen LogP contribution in [0.25, 0.3) is 0 Å². The molecule has 1 atom stereocenters. The Morgan fingerprint density at radius 2 is 2.10 bits per heavy atom. The fourth-order valence-corrected chi connectivity index (χ4v) is 1.87. The first kappa shape index (κ1) is 16.1. The molecule has 0 bridgehead atoms. The summed E-state index contributed by atoms with van der Waals surface area (Å²) in [5, 5.41) is 15.3. The topological polar surface area (TPSA) is 113 Å². The summed E-state index contributed by atoms with van der Waals surface area (Å²) in [6.07, 6.45) is -0.115. The van der Waals surface area contributed by atoms with Gasteiger partial charge in [-0.2, -0.15) is 0 Å². The molecule has 0 unspecified atom stereocenters. The third-order valence-electron chi connectivity index (χ3n) is 3.24. The van der Waals surface area contributed by atoms with Gasteiger partial charge in [-0.25, -0.2) is 0 Å². The SMILES string of the molecule is Cc1cccc(NC(=O)C[C@H]([NH2+]CC[NH3+])C(=O)[O-])c1C. The Hall–Kier alpha value is -1.92. The van der Waals surface area contributed by atoms with Gasteiger partial charge in [0.15, 0.2) is 0 Å². The van der Waals surface area contributed by atoms with Crippen LogP contribution in [0.5, 0.6) is 0 Å². The highest BCUT2D eigenvalue weighted by Gasteiger charge is 2.18. The lowest BCUT2D eigenvalue weighted by Crippen LogP contribution is -2.95. The fourth-order valence-electron chi connectivity index (χ4n) is 1.87. The van der Waals surface area contributed by atoms with E-state index in [0.29, 0.717) is 18.8 Å². The summed E-state index contributed by atoms with van der Waals surface area (Å²) in [7, 11) is 0. The van der Waals surface area contributed by atoms with E-state index in [2.05, 4.69) is 11.1 Å². The average Bonchev–Trinajstić information content (AvgIpc) is 2.39. The number of anilines is 1. The lowest BCUT2D eigenvalue weighted by atomic mass is 10.1. The van der Waals surface area contributed by atoms with Crippen LogP contribution in [-0.2, 0) is 9.59 Å². The van der Waals surface area contributed by atoms with Gasteiger partial charge >= 0.3 is 0 Å². The molecule has 0 heterocycles. The van der Waals surface area contributed by atoms with E-state index in [1.807, 2.05) is 26.0 Å². The molecule has 1 aromatic carbocycles. The first-order valence-electron chi connectivity index (χ1n) is 6.65. The van der Waals surface area contributed by atoms with E-state index in [4.69, 9.17) is 0 Å². The molecule has 6 N–H and O–H groups in total. The van der Waals surface area contributed by atoms with Crippen molar-refractivity contribution in [2.45, 2.75) is 26.3 Å². The Morgan fingerprint density at radius 3 is 2.70 bits per heavy atom. The molecule has 6 nitrogen and oxygen atoms in total. The van der Waals surface area contributed by atoms with E-state index in [1.54, 1.807) is 11.4 Å². The molecule has 0 aromatic heterocycles. The van der Waals surface area contributed by atoms with Crippen LogP contribution < -0.4 is 21.5 Å². The average molecular weight is 280 g/mol. The van der Waals surface area contributed by atoms with E-state index in [9.17, 15) is 14.7 Å². The summed E-state index contributed by atoms with van der Waals surface area (Å²) in [6.45, 7) is 5.02. The molecule has 0 radical (unpaired) electrons. The van der Waals surface area contributed by atoms with Crippen LogP contribution in [0, 0.1) is 13.8 Å². The number of aryl methyl sites for hydroxylation is 1. The number of carbonyl (C=O) groups excluding carboxylic acids is 2. The van der Waals surface area contributed by atoms with Gasteiger partial charge in [0.05, 0.1) is 12.4 Å². The molecule has 0 aliphatic carbocycles. The van der Waals surface area contributed by atoms with Gasteiger partial charge < -0.3 is 26.3 Å². The Balaban J connectivity index is 2.66. The van der Waals surface area contributed by atoms with Gasteiger partial charge in [0.2, 0.25) is 5.91 Å². The van der Waals surface area contributed by atoms with Crippen molar-refractivity contribution in [2.75, 3.05) is 18.4 Å². The zero-order chi connectivity index (χ0) is 15.1. The molecule has 0 aliphatic heterocycles. The van der Waals surface area contributed by atoms with Crippen molar-refractivity contribution in [3.05, 3.63) is 29.3 Å². The largest absolute Gasteiger partial charge is 0.544 e. The van der Waals surface area contributed by atoms with Crippen molar-refractivity contribution in [1.82, 2.24) is 0 Å². The predicted octanol–water partition coefficient (Wildman–Crippen LogP) is -2.44. The van der Waals surface area contributed by atoms with Crippen molar-refractivity contribution < 1.29 is 25.7 Å². The number of carboxylic acid groups (broad SMARTS) is 1. The zero-order valence-electron chi connectivity index (χ0n) is 11.9. The fraction of sp³-hybridized carbons (Fsp3) is 0.429. The zero-order valence-corrected chi connectivity index (χ0v) is 11.9. The van der Waals surface area contributed by atoms with Crippen molar-refractivity contribution in [3.63, 3.8) is 0 Å². The molecule has 1 rings (SSSR count). The first-order valence-corrected chi connectivity index (χ1v) is 6.65. The molecule has 1 amide bonds. The highest BCUT2D eigenvalue weighted by atomic mass is 16.4. The minimum absolute atomic E-state index is 0.115. The minimum Gasteiger partial charge on any atom is -0.544 e. The molecule has 0 fully saturated rings. The summed E-state index contributed by atoms with van der Waals surface area (Å²) < 4.78 is 0. The van der Waals surface area contributed by atoms with Gasteiger partial charge in [-0.3, -0.25) is 4.79 Å². The van der Waals surface area contributed by atoms with E-state index in [-0.39, 0.29) is 12.3 Å². The monoisotopic (exact) mass is 280 g/mol. The highest BCUT2D eigenvalue weighted by Crippen LogP contribution is 2.18. The van der Waals surface area contributed by atoms with Crippen LogP contribution in [0.3, 0.4) is 0 Å². The Bertz CT molecular complexity index is 489. The molecule has 1 aromatic rings. The van der Waals surface area contributed by atoms with Gasteiger partial charge in [0.25, 0.3) is 0 Å². The lowest BCUT2D eigenvalue weighted by molar-refractivity contribution is -0.695. The molecular weight excluding hydrogens is 258 g/mol. The Kier molecular flexibility index (Phi) is 6.14. The number of nitrogens with one attached hydrogen (secondary N) is 1. The predicted molar refractivity (Wildman–Crippen MR) is 72.5 cm³/mol. The number of carbonyl (C=O) groups is 2. The maximum absolute atomic E-state index is 11.9. The maximum atomic E-state index is 11.9. The molecule has 6 heteroatoms. The van der Waals surface area contributed by atoms with E-state index >= 15 is 0 Å². The second-order valence-electron chi connectivity index (χ2n) is 4.80. The third-order valence-corrected chi connectivity index (χ3v) is 3.24. The van der Waals surface area contributed by atoms with E-state index < -0.39 is 12.0 Å². The van der Waals surface area contributed by atoms with Crippen LogP contribution in [0.15, 0.2) is 18.2 Å². The number of nitrogens with two attached hydrogens (primary N) is 1. The minimum atomic E-state index is -1.23. The van der Waals surface area contributed by atoms with E-state index in [0.717, 1.165) is 11.1 Å². The Morgan fingerprint density at radius 1 is 1.40 bits per heavy atom. The standard InChI is InChI=1S/C14H21N3O3/c1-9-4-3-5-11(10(9)2)17-13(18)8-12(14(19)20)16-7-6-15/h3-5,12,16H,6-8,15H2,1-2H3,(H,17,18)(H,19,20)/p+1/t12-/m0/s1. The van der Waals surface area contributed by atoms with Gasteiger partial charge in [-0.15, -0.1) is 0 Å². The number of quaternary nitrogens is 2. The van der Waals surface area contributed by atoms with Gasteiger partial charge in [-0.05, 0) is 31.0 Å². The number of rotatable bonds is 7. The number of carboxylic acids is 1.